The molecule has 0 bridgehead atoms. The minimum absolute atomic E-state index is 0.265. The van der Waals surface area contributed by atoms with Crippen LogP contribution in [-0.2, 0) is 0 Å². The van der Waals surface area contributed by atoms with Gasteiger partial charge < -0.3 is 0 Å². The van der Waals surface area contributed by atoms with E-state index in [2.05, 4.69) is 67.6 Å². The van der Waals surface area contributed by atoms with E-state index in [1.54, 1.807) is 0 Å². The van der Waals surface area contributed by atoms with E-state index in [0.717, 1.165) is 6.54 Å². The molecular formula is C17H17NSSe. The standard InChI is InChI=1S/C17H17NSSe/c1-17(13-20-15-10-6-3-7-11-15)12-18-16(19-17)14-8-4-2-5-9-14/h2-11H,12-13H2,1H3. The molecule has 1 nitrogen and oxygen atoms in total. The van der Waals surface area contributed by atoms with Crippen molar-refractivity contribution in [3.05, 3.63) is 66.2 Å². The van der Waals surface area contributed by atoms with E-state index in [9.17, 15) is 0 Å². The first-order valence-corrected chi connectivity index (χ1v) is 9.60. The van der Waals surface area contributed by atoms with E-state index >= 15 is 0 Å². The van der Waals surface area contributed by atoms with Gasteiger partial charge in [-0.3, -0.25) is 0 Å². The first-order valence-electron chi connectivity index (χ1n) is 6.72. The second-order valence-electron chi connectivity index (χ2n) is 5.14. The molecule has 0 aliphatic carbocycles. The molecule has 1 aliphatic rings. The minimum atomic E-state index is 0.265. The first kappa shape index (κ1) is 13.9. The summed E-state index contributed by atoms with van der Waals surface area (Å²) in [7, 11) is 0. The van der Waals surface area contributed by atoms with Gasteiger partial charge in [-0.1, -0.05) is 0 Å². The van der Waals surface area contributed by atoms with Crippen molar-refractivity contribution in [2.75, 3.05) is 6.54 Å². The van der Waals surface area contributed by atoms with E-state index < -0.39 is 0 Å². The summed E-state index contributed by atoms with van der Waals surface area (Å²) in [4.78, 5) is 4.76. The Morgan fingerprint density at radius 2 is 1.70 bits per heavy atom. The summed E-state index contributed by atoms with van der Waals surface area (Å²) in [5.74, 6) is 0. The Labute approximate surface area is 131 Å². The fourth-order valence-electron chi connectivity index (χ4n) is 2.10. The molecule has 0 fully saturated rings. The van der Waals surface area contributed by atoms with Gasteiger partial charge in [0.1, 0.15) is 0 Å². The number of rotatable bonds is 4. The number of nitrogens with zero attached hydrogens (tertiary/aromatic N) is 1. The number of hydrogen-bond acceptors (Lipinski definition) is 2. The topological polar surface area (TPSA) is 12.4 Å². The van der Waals surface area contributed by atoms with Crippen LogP contribution in [0, 0.1) is 0 Å². The van der Waals surface area contributed by atoms with Crippen LogP contribution in [0.4, 0.5) is 0 Å². The Hall–Kier alpha value is -1.02. The molecule has 0 saturated carbocycles. The molecule has 0 N–H and O–H groups in total. The van der Waals surface area contributed by atoms with Crippen molar-refractivity contribution >= 4 is 36.2 Å². The van der Waals surface area contributed by atoms with Crippen molar-refractivity contribution in [3.8, 4) is 0 Å². The number of hydrogen-bond donors (Lipinski definition) is 0. The molecule has 0 spiro atoms. The molecule has 0 aromatic heterocycles. The summed E-state index contributed by atoms with van der Waals surface area (Å²) >= 11 is 2.48. The van der Waals surface area contributed by atoms with Gasteiger partial charge in [-0.25, -0.2) is 0 Å². The van der Waals surface area contributed by atoms with Gasteiger partial charge in [0.2, 0.25) is 0 Å². The molecule has 2 aromatic carbocycles. The number of benzene rings is 2. The van der Waals surface area contributed by atoms with E-state index in [4.69, 9.17) is 4.99 Å². The third kappa shape index (κ3) is 3.35. The summed E-state index contributed by atoms with van der Waals surface area (Å²) < 4.78 is 1.75. The van der Waals surface area contributed by atoms with Gasteiger partial charge in [0.15, 0.2) is 0 Å². The summed E-state index contributed by atoms with van der Waals surface area (Å²) in [6, 6.07) is 21.4. The predicted molar refractivity (Wildman–Crippen MR) is 90.5 cm³/mol. The summed E-state index contributed by atoms with van der Waals surface area (Å²) in [5.41, 5.74) is 1.26. The first-order chi connectivity index (χ1) is 9.75. The van der Waals surface area contributed by atoms with Crippen molar-refractivity contribution < 1.29 is 0 Å². The quantitative estimate of drug-likeness (QED) is 0.773. The van der Waals surface area contributed by atoms with Gasteiger partial charge in [-0.15, -0.1) is 0 Å². The second-order valence-corrected chi connectivity index (χ2v) is 8.92. The Morgan fingerprint density at radius 1 is 1.05 bits per heavy atom. The zero-order valence-corrected chi connectivity index (χ0v) is 14.0. The average molecular weight is 346 g/mol. The van der Waals surface area contributed by atoms with Crippen LogP contribution in [0.5, 0.6) is 0 Å². The molecule has 3 heteroatoms. The monoisotopic (exact) mass is 347 g/mol. The van der Waals surface area contributed by atoms with Gasteiger partial charge in [-0.05, 0) is 0 Å². The number of aliphatic imine (C=N–C) groups is 1. The Kier molecular flexibility index (Phi) is 4.30. The Bertz CT molecular complexity index is 597. The average Bonchev–Trinajstić information content (AvgIpc) is 2.90. The van der Waals surface area contributed by atoms with Crippen LogP contribution in [-0.4, -0.2) is 31.3 Å². The third-order valence-corrected chi connectivity index (χ3v) is 7.86. The van der Waals surface area contributed by atoms with Crippen molar-refractivity contribution in [3.63, 3.8) is 0 Å². The van der Waals surface area contributed by atoms with Crippen LogP contribution < -0.4 is 4.46 Å². The summed E-state index contributed by atoms with van der Waals surface area (Å²) in [6.45, 7) is 3.29. The van der Waals surface area contributed by atoms with Crippen LogP contribution in [0.3, 0.4) is 0 Å². The summed E-state index contributed by atoms with van der Waals surface area (Å²) in [5, 5.41) is 2.44. The van der Waals surface area contributed by atoms with Gasteiger partial charge in [-0.2, -0.15) is 0 Å². The molecule has 1 unspecified atom stereocenters. The van der Waals surface area contributed by atoms with Crippen LogP contribution in [0.15, 0.2) is 65.7 Å². The number of thioether (sulfide) groups is 1. The van der Waals surface area contributed by atoms with Crippen LogP contribution in [0.1, 0.15) is 12.5 Å². The van der Waals surface area contributed by atoms with Crippen LogP contribution in [0.2, 0.25) is 5.32 Å². The summed E-state index contributed by atoms with van der Waals surface area (Å²) in [6.07, 6.45) is 0. The van der Waals surface area contributed by atoms with E-state index in [1.165, 1.54) is 20.4 Å². The molecule has 20 heavy (non-hydrogen) atoms. The van der Waals surface area contributed by atoms with Gasteiger partial charge in [0, 0.05) is 0 Å². The molecule has 0 saturated heterocycles. The third-order valence-electron chi connectivity index (χ3n) is 3.21. The molecule has 1 heterocycles. The van der Waals surface area contributed by atoms with E-state index in [-0.39, 0.29) is 4.75 Å². The van der Waals surface area contributed by atoms with Gasteiger partial charge >= 0.3 is 131 Å². The van der Waals surface area contributed by atoms with Gasteiger partial charge in [0.25, 0.3) is 0 Å². The zero-order chi connectivity index (χ0) is 13.8. The molecular weight excluding hydrogens is 329 g/mol. The SMILES string of the molecule is CC1(C[Se]c2ccccc2)CN=C(c2ccccc2)S1. The Balaban J connectivity index is 1.62. The van der Waals surface area contributed by atoms with Crippen molar-refractivity contribution in [2.24, 2.45) is 4.99 Å². The van der Waals surface area contributed by atoms with E-state index in [0.29, 0.717) is 15.0 Å². The molecule has 0 amide bonds. The second kappa shape index (κ2) is 6.17. The molecule has 2 aromatic rings. The molecule has 0 radical (unpaired) electrons. The van der Waals surface area contributed by atoms with Crippen molar-refractivity contribution in [2.45, 2.75) is 17.0 Å². The Morgan fingerprint density at radius 3 is 2.40 bits per heavy atom. The molecule has 102 valence electrons. The normalized spacial score (nSPS) is 21.8. The predicted octanol–water partition coefficient (Wildman–Crippen LogP) is 3.39. The maximum atomic E-state index is 4.76. The fraction of sp³-hybridized carbons (Fsp3) is 0.235. The van der Waals surface area contributed by atoms with Crippen molar-refractivity contribution in [1.82, 2.24) is 0 Å². The molecule has 1 aliphatic heterocycles. The van der Waals surface area contributed by atoms with E-state index in [1.807, 2.05) is 11.8 Å². The van der Waals surface area contributed by atoms with Crippen LogP contribution in [0.25, 0.3) is 0 Å². The fourth-order valence-corrected chi connectivity index (χ4v) is 5.73. The molecule has 3 rings (SSSR count). The van der Waals surface area contributed by atoms with Gasteiger partial charge in [0.05, 0.1) is 0 Å². The van der Waals surface area contributed by atoms with Crippen LogP contribution >= 0.6 is 11.8 Å². The zero-order valence-electron chi connectivity index (χ0n) is 11.5. The molecule has 1 atom stereocenters. The van der Waals surface area contributed by atoms with Crippen molar-refractivity contribution in [1.29, 1.82) is 0 Å². The maximum absolute atomic E-state index is 4.76.